The monoisotopic (exact) mass is 302 g/mol. The molecule has 110 valence electrons. The molecule has 5 nitrogen and oxygen atoms in total. The van der Waals surface area contributed by atoms with Crippen molar-refractivity contribution in [2.24, 2.45) is 0 Å². The quantitative estimate of drug-likeness (QED) is 0.868. The van der Waals surface area contributed by atoms with Gasteiger partial charge in [0.05, 0.1) is 18.2 Å². The van der Waals surface area contributed by atoms with Gasteiger partial charge >= 0.3 is 5.97 Å². The molecule has 0 aliphatic rings. The van der Waals surface area contributed by atoms with Gasteiger partial charge in [-0.05, 0) is 26.8 Å². The minimum Gasteiger partial charge on any atom is -0.481 e. The van der Waals surface area contributed by atoms with Gasteiger partial charge in [0.25, 0.3) is 5.91 Å². The van der Waals surface area contributed by atoms with Gasteiger partial charge in [0.15, 0.2) is 0 Å². The van der Waals surface area contributed by atoms with Crippen LogP contribution in [0.4, 0.5) is 4.39 Å². The van der Waals surface area contributed by atoms with E-state index in [0.29, 0.717) is 0 Å². The second-order valence-corrected chi connectivity index (χ2v) is 5.62. The number of hydrogen-bond donors (Lipinski definition) is 1. The standard InChI is InChI=1S/C13H16ClFN2O3/c1-13(2,3)17(5-4-10(18)19)12(20)9-6-8(15)7-16-11(9)14/h6-7H,4-5H2,1-3H3,(H,18,19). The lowest BCUT2D eigenvalue weighted by molar-refractivity contribution is -0.137. The van der Waals surface area contributed by atoms with E-state index < -0.39 is 23.2 Å². The molecule has 0 aliphatic heterocycles. The summed E-state index contributed by atoms with van der Waals surface area (Å²) in [6, 6.07) is 0.997. The van der Waals surface area contributed by atoms with E-state index in [1.54, 1.807) is 20.8 Å². The van der Waals surface area contributed by atoms with Gasteiger partial charge in [0.2, 0.25) is 0 Å². The zero-order valence-corrected chi connectivity index (χ0v) is 12.2. The number of nitrogens with zero attached hydrogens (tertiary/aromatic N) is 2. The molecule has 1 heterocycles. The molecule has 1 aromatic rings. The molecule has 1 aromatic heterocycles. The predicted octanol–water partition coefficient (Wildman–Crippen LogP) is 2.59. The van der Waals surface area contributed by atoms with Gasteiger partial charge in [-0.3, -0.25) is 9.59 Å². The Labute approximate surface area is 121 Å². The summed E-state index contributed by atoms with van der Waals surface area (Å²) < 4.78 is 13.2. The van der Waals surface area contributed by atoms with Crippen LogP contribution in [0.15, 0.2) is 12.3 Å². The molecule has 0 spiro atoms. The fourth-order valence-corrected chi connectivity index (χ4v) is 1.85. The summed E-state index contributed by atoms with van der Waals surface area (Å²) in [6.07, 6.45) is 0.709. The highest BCUT2D eigenvalue weighted by Crippen LogP contribution is 2.22. The first-order valence-corrected chi connectivity index (χ1v) is 6.35. The highest BCUT2D eigenvalue weighted by Gasteiger charge is 2.29. The molecule has 0 atom stereocenters. The van der Waals surface area contributed by atoms with Crippen LogP contribution >= 0.6 is 11.6 Å². The van der Waals surface area contributed by atoms with Crippen LogP contribution in [0.3, 0.4) is 0 Å². The second kappa shape index (κ2) is 6.17. The number of carbonyl (C=O) groups is 2. The van der Waals surface area contributed by atoms with Crippen molar-refractivity contribution in [1.82, 2.24) is 9.88 Å². The van der Waals surface area contributed by atoms with Crippen molar-refractivity contribution in [2.45, 2.75) is 32.7 Å². The fraction of sp³-hybridized carbons (Fsp3) is 0.462. The van der Waals surface area contributed by atoms with Crippen LogP contribution in [0.2, 0.25) is 5.15 Å². The first kappa shape index (κ1) is 16.4. The molecule has 0 radical (unpaired) electrons. The number of pyridine rings is 1. The molecule has 0 fully saturated rings. The van der Waals surface area contributed by atoms with Gasteiger partial charge in [-0.25, -0.2) is 9.37 Å². The Hall–Kier alpha value is -1.69. The van der Waals surface area contributed by atoms with E-state index in [1.165, 1.54) is 4.90 Å². The van der Waals surface area contributed by atoms with Crippen molar-refractivity contribution in [3.8, 4) is 0 Å². The second-order valence-electron chi connectivity index (χ2n) is 5.26. The van der Waals surface area contributed by atoms with E-state index in [0.717, 1.165) is 12.3 Å². The minimum atomic E-state index is -1.02. The SMILES string of the molecule is CC(C)(C)N(CCC(=O)O)C(=O)c1cc(F)cnc1Cl. The molecule has 0 aliphatic carbocycles. The summed E-state index contributed by atoms with van der Waals surface area (Å²) in [6.45, 7) is 5.28. The summed E-state index contributed by atoms with van der Waals surface area (Å²) in [5.41, 5.74) is -0.700. The van der Waals surface area contributed by atoms with Crippen molar-refractivity contribution in [3.05, 3.63) is 28.8 Å². The van der Waals surface area contributed by atoms with E-state index in [9.17, 15) is 14.0 Å². The molecule has 1 N–H and O–H groups in total. The smallest absolute Gasteiger partial charge is 0.305 e. The van der Waals surface area contributed by atoms with Gasteiger partial charge in [-0.15, -0.1) is 0 Å². The summed E-state index contributed by atoms with van der Waals surface area (Å²) >= 11 is 5.81. The number of halogens is 2. The van der Waals surface area contributed by atoms with Crippen molar-refractivity contribution in [1.29, 1.82) is 0 Å². The van der Waals surface area contributed by atoms with Gasteiger partial charge in [0, 0.05) is 12.1 Å². The van der Waals surface area contributed by atoms with Crippen LogP contribution < -0.4 is 0 Å². The number of rotatable bonds is 4. The number of aromatic nitrogens is 1. The molecule has 1 amide bonds. The van der Waals surface area contributed by atoms with Crippen LogP contribution in [0, 0.1) is 5.82 Å². The Morgan fingerprint density at radius 3 is 2.55 bits per heavy atom. The summed E-state index contributed by atoms with van der Waals surface area (Å²) in [4.78, 5) is 28.0. The first-order valence-electron chi connectivity index (χ1n) is 5.97. The number of amides is 1. The Bertz CT molecular complexity index is 529. The van der Waals surface area contributed by atoms with Crippen molar-refractivity contribution < 1.29 is 19.1 Å². The number of carboxylic acid groups (broad SMARTS) is 1. The van der Waals surface area contributed by atoms with Crippen molar-refractivity contribution >= 4 is 23.5 Å². The third-order valence-electron chi connectivity index (χ3n) is 2.64. The summed E-state index contributed by atoms with van der Waals surface area (Å²) in [5.74, 6) is -2.24. The van der Waals surface area contributed by atoms with E-state index in [2.05, 4.69) is 4.98 Å². The summed E-state index contributed by atoms with van der Waals surface area (Å²) in [7, 11) is 0. The zero-order chi connectivity index (χ0) is 15.5. The highest BCUT2D eigenvalue weighted by molar-refractivity contribution is 6.32. The maximum Gasteiger partial charge on any atom is 0.305 e. The Morgan fingerprint density at radius 1 is 1.45 bits per heavy atom. The molecule has 7 heteroatoms. The average molecular weight is 303 g/mol. The molecule has 0 unspecified atom stereocenters. The maximum atomic E-state index is 13.2. The van der Waals surface area contributed by atoms with Crippen LogP contribution in [0.25, 0.3) is 0 Å². The van der Waals surface area contributed by atoms with Crippen molar-refractivity contribution in [2.75, 3.05) is 6.54 Å². The van der Waals surface area contributed by atoms with Gasteiger partial charge in [-0.2, -0.15) is 0 Å². The van der Waals surface area contributed by atoms with E-state index in [1.807, 2.05) is 0 Å². The third kappa shape index (κ3) is 4.16. The Balaban J connectivity index is 3.10. The molecule has 0 saturated heterocycles. The molecular formula is C13H16ClFN2O3. The topological polar surface area (TPSA) is 70.5 Å². The number of carbonyl (C=O) groups excluding carboxylic acids is 1. The van der Waals surface area contributed by atoms with E-state index in [-0.39, 0.29) is 23.7 Å². The fourth-order valence-electron chi connectivity index (χ4n) is 1.67. The highest BCUT2D eigenvalue weighted by atomic mass is 35.5. The molecule has 0 bridgehead atoms. The lowest BCUT2D eigenvalue weighted by Crippen LogP contribution is -2.46. The lowest BCUT2D eigenvalue weighted by atomic mass is 10.0. The van der Waals surface area contributed by atoms with Crippen LogP contribution in [-0.2, 0) is 4.79 Å². The van der Waals surface area contributed by atoms with Gasteiger partial charge in [0.1, 0.15) is 11.0 Å². The molecule has 1 rings (SSSR count). The van der Waals surface area contributed by atoms with Crippen molar-refractivity contribution in [3.63, 3.8) is 0 Å². The number of hydrogen-bond acceptors (Lipinski definition) is 3. The molecule has 0 aromatic carbocycles. The lowest BCUT2D eigenvalue weighted by Gasteiger charge is -2.35. The van der Waals surface area contributed by atoms with Crippen LogP contribution in [0.5, 0.6) is 0 Å². The normalized spacial score (nSPS) is 11.2. The van der Waals surface area contributed by atoms with Crippen LogP contribution in [0.1, 0.15) is 37.6 Å². The molecular weight excluding hydrogens is 287 g/mol. The van der Waals surface area contributed by atoms with Crippen LogP contribution in [-0.4, -0.2) is 39.0 Å². The Kier molecular flexibility index (Phi) is 5.05. The number of carboxylic acids is 1. The molecule has 0 saturated carbocycles. The van der Waals surface area contributed by atoms with E-state index >= 15 is 0 Å². The van der Waals surface area contributed by atoms with Gasteiger partial charge < -0.3 is 10.0 Å². The number of aliphatic carboxylic acids is 1. The summed E-state index contributed by atoms with van der Waals surface area (Å²) in [5, 5.41) is 8.63. The first-order chi connectivity index (χ1) is 9.12. The zero-order valence-electron chi connectivity index (χ0n) is 11.5. The third-order valence-corrected chi connectivity index (χ3v) is 2.94. The largest absolute Gasteiger partial charge is 0.481 e. The molecule has 20 heavy (non-hydrogen) atoms. The van der Waals surface area contributed by atoms with E-state index in [4.69, 9.17) is 16.7 Å². The average Bonchev–Trinajstić information content (AvgIpc) is 2.30. The minimum absolute atomic E-state index is 0.00447. The Morgan fingerprint density at radius 2 is 2.05 bits per heavy atom. The maximum absolute atomic E-state index is 13.2. The van der Waals surface area contributed by atoms with Gasteiger partial charge in [-0.1, -0.05) is 11.6 Å². The predicted molar refractivity (Wildman–Crippen MR) is 72.2 cm³/mol.